The number of hydrogen-bond donors (Lipinski definition) is 3. The Morgan fingerprint density at radius 2 is 2.15 bits per heavy atom. The molecular weight excluding hydrogens is 376 g/mol. The van der Waals surface area contributed by atoms with E-state index >= 15 is 0 Å². The van der Waals surface area contributed by atoms with Crippen LogP contribution in [0.1, 0.15) is 26.5 Å². The van der Waals surface area contributed by atoms with Gasteiger partial charge in [0.15, 0.2) is 17.0 Å². The third kappa shape index (κ3) is 2.83. The molecule has 0 aliphatic heterocycles. The summed E-state index contributed by atoms with van der Waals surface area (Å²) < 4.78 is 6.97. The van der Waals surface area contributed by atoms with Crippen molar-refractivity contribution in [3.63, 3.8) is 0 Å². The van der Waals surface area contributed by atoms with E-state index in [2.05, 4.69) is 15.4 Å². The molecule has 3 N–H and O–H groups in total. The van der Waals surface area contributed by atoms with Crippen molar-refractivity contribution < 1.29 is 24.2 Å². The number of phenols is 1. The number of nitrogens with one attached hydrogen (secondary N) is 1. The summed E-state index contributed by atoms with van der Waals surface area (Å²) in [6, 6.07) is 4.63. The number of hydrogen-bond acceptors (Lipinski definition) is 6. The summed E-state index contributed by atoms with van der Waals surface area (Å²) >= 11 is 5.86. The van der Waals surface area contributed by atoms with Gasteiger partial charge >= 0.3 is 5.97 Å². The van der Waals surface area contributed by atoms with E-state index in [4.69, 9.17) is 16.0 Å². The third-order valence-electron chi connectivity index (χ3n) is 3.95. The lowest BCUT2D eigenvalue weighted by atomic mass is 10.1. The minimum absolute atomic E-state index is 0.00483. The molecule has 3 aromatic heterocycles. The number of aromatic nitrogens is 3. The van der Waals surface area contributed by atoms with Crippen molar-refractivity contribution in [2.24, 2.45) is 0 Å². The van der Waals surface area contributed by atoms with Crippen LogP contribution in [0.25, 0.3) is 16.6 Å². The smallest absolute Gasteiger partial charge is 0.343 e. The summed E-state index contributed by atoms with van der Waals surface area (Å²) in [4.78, 5) is 27.9. The number of aromatic hydroxyl groups is 1. The summed E-state index contributed by atoms with van der Waals surface area (Å²) in [5.41, 5.74) is 0.247. The second kappa shape index (κ2) is 6.29. The number of halogens is 1. The summed E-state index contributed by atoms with van der Waals surface area (Å²) in [7, 11) is 0. The molecular formula is C17H11ClN4O5. The number of nitrogens with zero attached hydrogens (tertiary/aromatic N) is 3. The Morgan fingerprint density at radius 3 is 2.93 bits per heavy atom. The monoisotopic (exact) mass is 386 g/mol. The number of fused-ring (bicyclic) bond motifs is 2. The molecule has 0 saturated heterocycles. The molecule has 10 heteroatoms. The summed E-state index contributed by atoms with van der Waals surface area (Å²) in [6.07, 6.45) is 4.62. The van der Waals surface area contributed by atoms with Crippen LogP contribution in [0.4, 0.5) is 0 Å². The summed E-state index contributed by atoms with van der Waals surface area (Å²) in [5, 5.41) is 26.1. The first kappa shape index (κ1) is 16.9. The maximum Gasteiger partial charge on any atom is 0.343 e. The molecule has 136 valence electrons. The van der Waals surface area contributed by atoms with Gasteiger partial charge in [-0.15, -0.1) is 0 Å². The lowest BCUT2D eigenvalue weighted by Crippen LogP contribution is -2.22. The van der Waals surface area contributed by atoms with Gasteiger partial charge in [-0.3, -0.25) is 4.79 Å². The van der Waals surface area contributed by atoms with E-state index in [1.165, 1.54) is 16.8 Å². The molecule has 4 rings (SSSR count). The number of carboxylic acid groups (broad SMARTS) is 1. The van der Waals surface area contributed by atoms with Crippen LogP contribution in [0.2, 0.25) is 5.02 Å². The van der Waals surface area contributed by atoms with Crippen LogP contribution in [0.15, 0.2) is 41.2 Å². The number of rotatable bonds is 4. The average molecular weight is 387 g/mol. The van der Waals surface area contributed by atoms with Crippen LogP contribution in [0.5, 0.6) is 5.75 Å². The molecule has 27 heavy (non-hydrogen) atoms. The van der Waals surface area contributed by atoms with E-state index in [0.717, 1.165) is 0 Å². The molecule has 0 radical (unpaired) electrons. The lowest BCUT2D eigenvalue weighted by Gasteiger charge is -2.02. The van der Waals surface area contributed by atoms with Gasteiger partial charge < -0.3 is 19.9 Å². The van der Waals surface area contributed by atoms with Gasteiger partial charge in [-0.1, -0.05) is 11.6 Å². The highest BCUT2D eigenvalue weighted by molar-refractivity contribution is 6.33. The number of carbonyl (C=O) groups is 2. The molecule has 4 aromatic rings. The Kier molecular flexibility index (Phi) is 3.93. The zero-order chi connectivity index (χ0) is 19.1. The maximum atomic E-state index is 12.4. The fourth-order valence-electron chi connectivity index (χ4n) is 2.73. The molecule has 0 atom stereocenters. The van der Waals surface area contributed by atoms with E-state index in [1.54, 1.807) is 24.5 Å². The molecule has 0 saturated carbocycles. The number of benzene rings is 1. The van der Waals surface area contributed by atoms with Crippen molar-refractivity contribution in [1.82, 2.24) is 19.9 Å². The standard InChI is InChI=1S/C17H11ClN4O5/c18-11-5-8-4-9(27-14(8)12(13(11)23)17(25)26)6-20-16(24)10-7-21-22-3-1-2-19-15(10)22/h1-5,7,23H,6H2,(H,20,24)(H,25,26). The van der Waals surface area contributed by atoms with Crippen LogP contribution in [0.3, 0.4) is 0 Å². The molecule has 0 unspecified atom stereocenters. The Labute approximate surface area is 155 Å². The molecule has 0 aliphatic rings. The van der Waals surface area contributed by atoms with Crippen molar-refractivity contribution >= 4 is 40.1 Å². The Hall–Kier alpha value is -3.59. The zero-order valence-electron chi connectivity index (χ0n) is 13.5. The molecule has 1 amide bonds. The van der Waals surface area contributed by atoms with E-state index in [9.17, 15) is 19.8 Å². The molecule has 0 fully saturated rings. The van der Waals surface area contributed by atoms with Gasteiger partial charge in [0.2, 0.25) is 0 Å². The maximum absolute atomic E-state index is 12.4. The predicted octanol–water partition coefficient (Wildman–Crippen LogP) is 2.46. The van der Waals surface area contributed by atoms with Gasteiger partial charge in [-0.25, -0.2) is 14.3 Å². The highest BCUT2D eigenvalue weighted by Crippen LogP contribution is 2.36. The fraction of sp³-hybridized carbons (Fsp3) is 0.0588. The van der Waals surface area contributed by atoms with Crippen LogP contribution in [0, 0.1) is 0 Å². The fourth-order valence-corrected chi connectivity index (χ4v) is 2.94. The molecule has 0 bridgehead atoms. The minimum Gasteiger partial charge on any atom is -0.505 e. The Balaban J connectivity index is 1.61. The zero-order valence-corrected chi connectivity index (χ0v) is 14.3. The molecule has 1 aromatic carbocycles. The van der Waals surface area contributed by atoms with Crippen LogP contribution in [-0.4, -0.2) is 36.7 Å². The second-order valence-electron chi connectivity index (χ2n) is 5.65. The van der Waals surface area contributed by atoms with Gasteiger partial charge in [-0.2, -0.15) is 5.10 Å². The van der Waals surface area contributed by atoms with Crippen LogP contribution in [-0.2, 0) is 6.54 Å². The average Bonchev–Trinajstić information content (AvgIpc) is 3.24. The Bertz CT molecular complexity index is 1210. The highest BCUT2D eigenvalue weighted by Gasteiger charge is 2.22. The first-order valence-corrected chi connectivity index (χ1v) is 8.07. The lowest BCUT2D eigenvalue weighted by molar-refractivity contribution is 0.0694. The summed E-state index contributed by atoms with van der Waals surface area (Å²) in [5.74, 6) is -2.06. The number of carboxylic acids is 1. The summed E-state index contributed by atoms with van der Waals surface area (Å²) in [6.45, 7) is -0.00483. The van der Waals surface area contributed by atoms with Crippen LogP contribution < -0.4 is 5.32 Å². The normalized spacial score (nSPS) is 11.1. The van der Waals surface area contributed by atoms with Gasteiger partial charge in [0, 0.05) is 17.8 Å². The molecule has 0 spiro atoms. The first-order valence-electron chi connectivity index (χ1n) is 7.69. The Morgan fingerprint density at radius 1 is 1.33 bits per heavy atom. The van der Waals surface area contributed by atoms with Crippen molar-refractivity contribution in [2.75, 3.05) is 0 Å². The number of carbonyl (C=O) groups excluding carboxylic acids is 1. The van der Waals surface area contributed by atoms with E-state index in [1.807, 2.05) is 0 Å². The largest absolute Gasteiger partial charge is 0.505 e. The van der Waals surface area contributed by atoms with Gasteiger partial charge in [-0.05, 0) is 18.2 Å². The molecule has 3 heterocycles. The van der Waals surface area contributed by atoms with Crippen molar-refractivity contribution in [1.29, 1.82) is 0 Å². The SMILES string of the molecule is O=C(O)c1c(O)c(Cl)cc2cc(CNC(=O)c3cnn4cccnc34)oc12. The van der Waals surface area contributed by atoms with E-state index in [0.29, 0.717) is 22.4 Å². The van der Waals surface area contributed by atoms with Crippen LogP contribution >= 0.6 is 11.6 Å². The first-order chi connectivity index (χ1) is 13.0. The van der Waals surface area contributed by atoms with E-state index < -0.39 is 23.2 Å². The highest BCUT2D eigenvalue weighted by atomic mass is 35.5. The van der Waals surface area contributed by atoms with Gasteiger partial charge in [0.1, 0.15) is 16.9 Å². The predicted molar refractivity (Wildman–Crippen MR) is 94.0 cm³/mol. The van der Waals surface area contributed by atoms with Gasteiger partial charge in [0.05, 0.1) is 17.8 Å². The number of aromatic carboxylic acids is 1. The van der Waals surface area contributed by atoms with E-state index in [-0.39, 0.29) is 17.2 Å². The van der Waals surface area contributed by atoms with Crippen molar-refractivity contribution in [2.45, 2.75) is 6.54 Å². The van der Waals surface area contributed by atoms with Crippen molar-refractivity contribution in [3.8, 4) is 5.75 Å². The second-order valence-corrected chi connectivity index (χ2v) is 6.05. The van der Waals surface area contributed by atoms with Gasteiger partial charge in [0.25, 0.3) is 5.91 Å². The minimum atomic E-state index is -1.37. The third-order valence-corrected chi connectivity index (χ3v) is 4.23. The quantitative estimate of drug-likeness (QED) is 0.491. The topological polar surface area (TPSA) is 130 Å². The molecule has 9 nitrogen and oxygen atoms in total. The van der Waals surface area contributed by atoms with Crippen molar-refractivity contribution in [3.05, 3.63) is 58.7 Å². The molecule has 0 aliphatic carbocycles. The number of amides is 1. The number of furan rings is 1.